The number of nitrogens with zero attached hydrogens (tertiary/aromatic N) is 1. The van der Waals surface area contributed by atoms with Gasteiger partial charge >= 0.3 is 0 Å². The van der Waals surface area contributed by atoms with E-state index < -0.39 is 0 Å². The van der Waals surface area contributed by atoms with E-state index in [9.17, 15) is 0 Å². The van der Waals surface area contributed by atoms with Crippen LogP contribution in [0.4, 0.5) is 0 Å². The van der Waals surface area contributed by atoms with Crippen LogP contribution >= 0.6 is 0 Å². The third-order valence-corrected chi connectivity index (χ3v) is 3.90. The van der Waals surface area contributed by atoms with Gasteiger partial charge in [0.1, 0.15) is 11.6 Å². The van der Waals surface area contributed by atoms with E-state index in [0.29, 0.717) is 5.92 Å². The molecule has 1 unspecified atom stereocenters. The highest BCUT2D eigenvalue weighted by Gasteiger charge is 2.12. The average molecular weight is 294 g/mol. The van der Waals surface area contributed by atoms with Crippen molar-refractivity contribution >= 4 is 11.0 Å². The fourth-order valence-electron chi connectivity index (χ4n) is 2.53. The van der Waals surface area contributed by atoms with Crippen LogP contribution in [-0.2, 0) is 0 Å². The molecular formula is C19H22N2O. The van der Waals surface area contributed by atoms with Crippen molar-refractivity contribution in [1.29, 1.82) is 0 Å². The van der Waals surface area contributed by atoms with E-state index in [1.807, 2.05) is 25.1 Å². The third-order valence-electron chi connectivity index (χ3n) is 3.90. The first-order chi connectivity index (χ1) is 10.5. The molecule has 0 amide bonds. The molecule has 3 aromatic rings. The molecule has 0 aliphatic carbocycles. The van der Waals surface area contributed by atoms with Crippen molar-refractivity contribution in [3.8, 4) is 5.75 Å². The second-order valence-corrected chi connectivity index (χ2v) is 6.13. The number of hydrogen-bond donors (Lipinski definition) is 1. The summed E-state index contributed by atoms with van der Waals surface area (Å²) in [6.07, 6.45) is -0.113. The van der Waals surface area contributed by atoms with Crippen LogP contribution in [0.3, 0.4) is 0 Å². The summed E-state index contributed by atoms with van der Waals surface area (Å²) in [4.78, 5) is 7.97. The zero-order chi connectivity index (χ0) is 15.7. The number of rotatable bonds is 4. The molecular weight excluding hydrogens is 272 g/mol. The van der Waals surface area contributed by atoms with Gasteiger partial charge in [-0.3, -0.25) is 0 Å². The second-order valence-electron chi connectivity index (χ2n) is 6.13. The van der Waals surface area contributed by atoms with Gasteiger partial charge in [0.15, 0.2) is 6.10 Å². The Balaban J connectivity index is 1.78. The number of fused-ring (bicyclic) bond motifs is 1. The summed E-state index contributed by atoms with van der Waals surface area (Å²) in [7, 11) is 0. The third kappa shape index (κ3) is 2.98. The summed E-state index contributed by atoms with van der Waals surface area (Å²) in [6.45, 7) is 8.47. The summed E-state index contributed by atoms with van der Waals surface area (Å²) in [5.74, 6) is 2.26. The number of hydrogen-bond acceptors (Lipinski definition) is 2. The highest BCUT2D eigenvalue weighted by molar-refractivity contribution is 5.75. The van der Waals surface area contributed by atoms with E-state index in [0.717, 1.165) is 22.6 Å². The van der Waals surface area contributed by atoms with Gasteiger partial charge in [0.2, 0.25) is 0 Å². The molecule has 2 aromatic carbocycles. The average Bonchev–Trinajstić information content (AvgIpc) is 2.91. The molecule has 0 saturated carbocycles. The van der Waals surface area contributed by atoms with Gasteiger partial charge in [0, 0.05) is 0 Å². The molecule has 114 valence electrons. The SMILES string of the molecule is Cc1ccc2nc(C(C)Oc3ccc(C(C)C)cc3)[nH]c2c1. The van der Waals surface area contributed by atoms with Crippen LogP contribution in [0, 0.1) is 6.92 Å². The Morgan fingerprint density at radius 3 is 2.41 bits per heavy atom. The van der Waals surface area contributed by atoms with Crippen LogP contribution in [0.1, 0.15) is 49.7 Å². The van der Waals surface area contributed by atoms with E-state index in [4.69, 9.17) is 4.74 Å². The van der Waals surface area contributed by atoms with E-state index in [1.54, 1.807) is 0 Å². The molecule has 1 heterocycles. The lowest BCUT2D eigenvalue weighted by Gasteiger charge is -2.13. The van der Waals surface area contributed by atoms with Crippen LogP contribution in [0.15, 0.2) is 42.5 Å². The van der Waals surface area contributed by atoms with Gasteiger partial charge in [0.25, 0.3) is 0 Å². The number of nitrogens with one attached hydrogen (secondary N) is 1. The Morgan fingerprint density at radius 2 is 1.73 bits per heavy atom. The smallest absolute Gasteiger partial charge is 0.153 e. The van der Waals surface area contributed by atoms with Crippen molar-refractivity contribution in [2.24, 2.45) is 0 Å². The van der Waals surface area contributed by atoms with Crippen molar-refractivity contribution in [2.75, 3.05) is 0 Å². The highest BCUT2D eigenvalue weighted by Crippen LogP contribution is 2.24. The minimum atomic E-state index is -0.113. The van der Waals surface area contributed by atoms with Gasteiger partial charge in [-0.2, -0.15) is 0 Å². The molecule has 22 heavy (non-hydrogen) atoms. The predicted octanol–water partition coefficient (Wildman–Crippen LogP) is 5.13. The molecule has 0 saturated heterocycles. The van der Waals surface area contributed by atoms with Crippen LogP contribution in [0.5, 0.6) is 5.75 Å². The Kier molecular flexibility index (Phi) is 3.88. The van der Waals surface area contributed by atoms with Gasteiger partial charge in [-0.1, -0.05) is 32.0 Å². The number of H-pyrrole nitrogens is 1. The van der Waals surface area contributed by atoms with Gasteiger partial charge in [-0.25, -0.2) is 4.98 Å². The largest absolute Gasteiger partial charge is 0.483 e. The molecule has 3 rings (SSSR count). The Labute approximate surface area is 131 Å². The van der Waals surface area contributed by atoms with E-state index in [1.165, 1.54) is 11.1 Å². The zero-order valence-electron chi connectivity index (χ0n) is 13.6. The second kappa shape index (κ2) is 5.84. The van der Waals surface area contributed by atoms with Crippen molar-refractivity contribution in [3.63, 3.8) is 0 Å². The van der Waals surface area contributed by atoms with Gasteiger partial charge in [-0.15, -0.1) is 0 Å². The van der Waals surface area contributed by atoms with Crippen molar-refractivity contribution in [2.45, 2.75) is 39.7 Å². The van der Waals surface area contributed by atoms with Gasteiger partial charge < -0.3 is 9.72 Å². The minimum Gasteiger partial charge on any atom is -0.483 e. The van der Waals surface area contributed by atoms with Gasteiger partial charge in [0.05, 0.1) is 11.0 Å². The fraction of sp³-hybridized carbons (Fsp3) is 0.316. The van der Waals surface area contributed by atoms with E-state index in [2.05, 4.69) is 55.0 Å². The molecule has 0 spiro atoms. The van der Waals surface area contributed by atoms with E-state index in [-0.39, 0.29) is 6.10 Å². The Morgan fingerprint density at radius 1 is 1.00 bits per heavy atom. The van der Waals surface area contributed by atoms with Crippen molar-refractivity contribution in [3.05, 3.63) is 59.4 Å². The Hall–Kier alpha value is -2.29. The topological polar surface area (TPSA) is 37.9 Å². The fourth-order valence-corrected chi connectivity index (χ4v) is 2.53. The number of imidazole rings is 1. The summed E-state index contributed by atoms with van der Waals surface area (Å²) in [5, 5.41) is 0. The molecule has 0 aliphatic heterocycles. The number of aromatic nitrogens is 2. The molecule has 0 bridgehead atoms. The maximum absolute atomic E-state index is 6.00. The van der Waals surface area contributed by atoms with Crippen LogP contribution < -0.4 is 4.74 Å². The predicted molar refractivity (Wildman–Crippen MR) is 90.4 cm³/mol. The lowest BCUT2D eigenvalue weighted by atomic mass is 10.0. The Bertz CT molecular complexity index is 772. The first-order valence-electron chi connectivity index (χ1n) is 7.76. The molecule has 0 aliphatic rings. The maximum atomic E-state index is 6.00. The molecule has 0 radical (unpaired) electrons. The molecule has 0 fully saturated rings. The molecule has 3 heteroatoms. The first kappa shape index (κ1) is 14.6. The summed E-state index contributed by atoms with van der Waals surface area (Å²) < 4.78 is 6.00. The van der Waals surface area contributed by atoms with Crippen molar-refractivity contribution in [1.82, 2.24) is 9.97 Å². The number of ether oxygens (including phenoxy) is 1. The molecule has 1 atom stereocenters. The standard InChI is InChI=1S/C19H22N2O/c1-12(2)15-6-8-16(9-7-15)22-14(4)19-20-17-10-5-13(3)11-18(17)21-19/h5-12,14H,1-4H3,(H,20,21). The highest BCUT2D eigenvalue weighted by atomic mass is 16.5. The van der Waals surface area contributed by atoms with Crippen LogP contribution in [0.2, 0.25) is 0 Å². The first-order valence-corrected chi connectivity index (χ1v) is 7.76. The summed E-state index contributed by atoms with van der Waals surface area (Å²) >= 11 is 0. The lowest BCUT2D eigenvalue weighted by Crippen LogP contribution is -2.05. The minimum absolute atomic E-state index is 0.113. The number of aromatic amines is 1. The van der Waals surface area contributed by atoms with Crippen molar-refractivity contribution < 1.29 is 4.74 Å². The lowest BCUT2D eigenvalue weighted by molar-refractivity contribution is 0.218. The normalized spacial score (nSPS) is 12.8. The zero-order valence-corrected chi connectivity index (χ0v) is 13.6. The summed E-state index contributed by atoms with van der Waals surface area (Å²) in [6, 6.07) is 14.5. The molecule has 3 nitrogen and oxygen atoms in total. The molecule has 1 N–H and O–H groups in total. The molecule has 1 aromatic heterocycles. The number of benzene rings is 2. The number of aryl methyl sites for hydroxylation is 1. The van der Waals surface area contributed by atoms with Crippen LogP contribution in [0.25, 0.3) is 11.0 Å². The quantitative estimate of drug-likeness (QED) is 0.724. The summed E-state index contributed by atoms with van der Waals surface area (Å²) in [5.41, 5.74) is 4.58. The van der Waals surface area contributed by atoms with E-state index >= 15 is 0 Å². The monoisotopic (exact) mass is 294 g/mol. The maximum Gasteiger partial charge on any atom is 0.153 e. The van der Waals surface area contributed by atoms with Gasteiger partial charge in [-0.05, 0) is 55.2 Å². The van der Waals surface area contributed by atoms with Crippen LogP contribution in [-0.4, -0.2) is 9.97 Å².